The van der Waals surface area contributed by atoms with Crippen LogP contribution in [0.2, 0.25) is 0 Å². The van der Waals surface area contributed by atoms with Crippen LogP contribution in [0.1, 0.15) is 36.8 Å². The van der Waals surface area contributed by atoms with Gasteiger partial charge in [0.1, 0.15) is 5.75 Å². The number of rotatable bonds is 3. The molecule has 0 aliphatic carbocycles. The molecule has 1 heterocycles. The highest BCUT2D eigenvalue weighted by Crippen LogP contribution is 2.32. The second-order valence-corrected chi connectivity index (χ2v) is 4.60. The minimum absolute atomic E-state index is 0.154. The Balaban J connectivity index is 2.53. The molecule has 0 radical (unpaired) electrons. The third-order valence-corrected chi connectivity index (χ3v) is 2.89. The number of phenols is 1. The van der Waals surface area contributed by atoms with Gasteiger partial charge in [-0.05, 0) is 36.1 Å². The summed E-state index contributed by atoms with van der Waals surface area (Å²) in [5, 5.41) is 13.8. The normalized spacial score (nSPS) is 11.2. The minimum Gasteiger partial charge on any atom is -0.507 e. The number of nitrogens with two attached hydrogens (primary N) is 1. The highest BCUT2D eigenvalue weighted by Gasteiger charge is 2.15. The monoisotopic (exact) mass is 247 g/mol. The molecule has 2 rings (SSSR count). The number of aryl methyl sites for hydroxylation is 1. The zero-order valence-electron chi connectivity index (χ0n) is 10.8. The van der Waals surface area contributed by atoms with Gasteiger partial charge in [-0.3, -0.25) is 0 Å². The van der Waals surface area contributed by atoms with Gasteiger partial charge in [0.2, 0.25) is 11.7 Å². The van der Waals surface area contributed by atoms with Crippen LogP contribution < -0.4 is 5.73 Å². The molecular formula is C13H17N3O2. The predicted molar refractivity (Wildman–Crippen MR) is 68.1 cm³/mol. The fraction of sp³-hybridized carbons (Fsp3) is 0.385. The van der Waals surface area contributed by atoms with Crippen molar-refractivity contribution in [3.63, 3.8) is 0 Å². The summed E-state index contributed by atoms with van der Waals surface area (Å²) in [6, 6.07) is 3.63. The molecule has 2 aromatic rings. The molecule has 0 saturated carbocycles. The maximum Gasteiger partial charge on any atom is 0.240 e. The molecule has 1 aromatic carbocycles. The van der Waals surface area contributed by atoms with E-state index in [1.165, 1.54) is 0 Å². The first-order chi connectivity index (χ1) is 8.52. The van der Waals surface area contributed by atoms with Crippen LogP contribution in [0.4, 0.5) is 0 Å². The van der Waals surface area contributed by atoms with Crippen LogP contribution in [0.5, 0.6) is 5.75 Å². The molecule has 0 amide bonds. The molecule has 0 fully saturated rings. The van der Waals surface area contributed by atoms with Gasteiger partial charge in [0.25, 0.3) is 0 Å². The van der Waals surface area contributed by atoms with Gasteiger partial charge < -0.3 is 15.4 Å². The maximum atomic E-state index is 9.98. The Bertz CT molecular complexity index is 561. The quantitative estimate of drug-likeness (QED) is 0.869. The first-order valence-electron chi connectivity index (χ1n) is 5.89. The summed E-state index contributed by atoms with van der Waals surface area (Å²) in [7, 11) is 0. The SMILES string of the molecule is Cc1cc(O)c(-c2noc(CN)n2)cc1C(C)C. The van der Waals surface area contributed by atoms with Crippen molar-refractivity contribution in [3.05, 3.63) is 29.2 Å². The summed E-state index contributed by atoms with van der Waals surface area (Å²) in [5.74, 6) is 1.25. The number of hydrogen-bond acceptors (Lipinski definition) is 5. The van der Waals surface area contributed by atoms with Crippen molar-refractivity contribution in [2.45, 2.75) is 33.2 Å². The Hall–Kier alpha value is -1.88. The molecule has 0 spiro atoms. The van der Waals surface area contributed by atoms with Gasteiger partial charge in [-0.1, -0.05) is 19.0 Å². The Morgan fingerprint density at radius 3 is 2.67 bits per heavy atom. The zero-order valence-corrected chi connectivity index (χ0v) is 10.8. The van der Waals surface area contributed by atoms with Gasteiger partial charge >= 0.3 is 0 Å². The molecular weight excluding hydrogens is 230 g/mol. The average molecular weight is 247 g/mol. The fourth-order valence-corrected chi connectivity index (χ4v) is 1.96. The maximum absolute atomic E-state index is 9.98. The highest BCUT2D eigenvalue weighted by atomic mass is 16.5. The van der Waals surface area contributed by atoms with E-state index in [2.05, 4.69) is 24.0 Å². The van der Waals surface area contributed by atoms with E-state index in [9.17, 15) is 5.11 Å². The molecule has 1 aromatic heterocycles. The smallest absolute Gasteiger partial charge is 0.240 e. The van der Waals surface area contributed by atoms with Crippen LogP contribution >= 0.6 is 0 Å². The van der Waals surface area contributed by atoms with E-state index in [1.807, 2.05) is 13.0 Å². The van der Waals surface area contributed by atoms with Crippen LogP contribution in [0.3, 0.4) is 0 Å². The summed E-state index contributed by atoms with van der Waals surface area (Å²) < 4.78 is 4.96. The average Bonchev–Trinajstić information content (AvgIpc) is 2.77. The lowest BCUT2D eigenvalue weighted by Gasteiger charge is -2.12. The van der Waals surface area contributed by atoms with E-state index in [0.29, 0.717) is 23.2 Å². The summed E-state index contributed by atoms with van der Waals surface area (Å²) in [5.41, 5.74) is 8.20. The van der Waals surface area contributed by atoms with Crippen molar-refractivity contribution >= 4 is 0 Å². The summed E-state index contributed by atoms with van der Waals surface area (Å²) in [4.78, 5) is 4.13. The Labute approximate surface area is 106 Å². The van der Waals surface area contributed by atoms with Crippen molar-refractivity contribution in [1.29, 1.82) is 0 Å². The summed E-state index contributed by atoms with van der Waals surface area (Å²) in [6.07, 6.45) is 0. The molecule has 0 bridgehead atoms. The van der Waals surface area contributed by atoms with E-state index in [1.54, 1.807) is 6.07 Å². The topological polar surface area (TPSA) is 85.2 Å². The molecule has 0 aliphatic heterocycles. The number of phenolic OH excluding ortho intramolecular Hbond substituents is 1. The minimum atomic E-state index is 0.154. The van der Waals surface area contributed by atoms with Gasteiger partial charge in [-0.2, -0.15) is 4.98 Å². The molecule has 5 nitrogen and oxygen atoms in total. The van der Waals surface area contributed by atoms with Gasteiger partial charge in [0.15, 0.2) is 0 Å². The number of aromatic nitrogens is 2. The lowest BCUT2D eigenvalue weighted by atomic mass is 9.95. The zero-order chi connectivity index (χ0) is 13.3. The molecule has 3 N–H and O–H groups in total. The standard InChI is InChI=1S/C13H17N3O2/c1-7(2)9-5-10(11(17)4-8(9)3)13-15-12(6-14)18-16-13/h4-5,7,17H,6,14H2,1-3H3. The highest BCUT2D eigenvalue weighted by molar-refractivity contribution is 5.65. The van der Waals surface area contributed by atoms with Crippen molar-refractivity contribution in [1.82, 2.24) is 10.1 Å². The Morgan fingerprint density at radius 2 is 2.11 bits per heavy atom. The predicted octanol–water partition coefficient (Wildman–Crippen LogP) is 2.33. The second kappa shape index (κ2) is 4.78. The number of aromatic hydroxyl groups is 1. The number of benzene rings is 1. The lowest BCUT2D eigenvalue weighted by Crippen LogP contribution is -1.96. The number of hydrogen-bond donors (Lipinski definition) is 2. The largest absolute Gasteiger partial charge is 0.507 e. The van der Waals surface area contributed by atoms with Gasteiger partial charge in [0, 0.05) is 0 Å². The van der Waals surface area contributed by atoms with E-state index in [-0.39, 0.29) is 12.3 Å². The first kappa shape index (κ1) is 12.6. The van der Waals surface area contributed by atoms with Crippen molar-refractivity contribution in [2.24, 2.45) is 5.73 Å². The molecule has 5 heteroatoms. The molecule has 18 heavy (non-hydrogen) atoms. The van der Waals surface area contributed by atoms with Crippen molar-refractivity contribution < 1.29 is 9.63 Å². The van der Waals surface area contributed by atoms with Gasteiger partial charge in [-0.15, -0.1) is 0 Å². The second-order valence-electron chi connectivity index (χ2n) is 4.60. The van der Waals surface area contributed by atoms with Crippen LogP contribution in [0.25, 0.3) is 11.4 Å². The molecule has 0 atom stereocenters. The first-order valence-corrected chi connectivity index (χ1v) is 5.89. The third-order valence-electron chi connectivity index (χ3n) is 2.89. The fourth-order valence-electron chi connectivity index (χ4n) is 1.96. The van der Waals surface area contributed by atoms with Crippen LogP contribution in [0, 0.1) is 6.92 Å². The molecule has 96 valence electrons. The Morgan fingerprint density at radius 1 is 1.39 bits per heavy atom. The van der Waals surface area contributed by atoms with E-state index < -0.39 is 0 Å². The number of nitrogens with zero attached hydrogens (tertiary/aromatic N) is 2. The third kappa shape index (κ3) is 2.22. The lowest BCUT2D eigenvalue weighted by molar-refractivity contribution is 0.380. The van der Waals surface area contributed by atoms with E-state index in [4.69, 9.17) is 10.3 Å². The molecule has 0 saturated heterocycles. The van der Waals surface area contributed by atoms with Crippen molar-refractivity contribution in [2.75, 3.05) is 0 Å². The summed E-state index contributed by atoms with van der Waals surface area (Å²) in [6.45, 7) is 6.37. The van der Waals surface area contributed by atoms with Gasteiger partial charge in [-0.25, -0.2) is 0 Å². The van der Waals surface area contributed by atoms with E-state index in [0.717, 1.165) is 11.1 Å². The van der Waals surface area contributed by atoms with Crippen LogP contribution in [0.15, 0.2) is 16.7 Å². The molecule has 0 aliphatic rings. The van der Waals surface area contributed by atoms with E-state index >= 15 is 0 Å². The van der Waals surface area contributed by atoms with Crippen LogP contribution in [-0.4, -0.2) is 15.2 Å². The Kier molecular flexibility index (Phi) is 3.34. The van der Waals surface area contributed by atoms with Crippen molar-refractivity contribution in [3.8, 4) is 17.1 Å². The summed E-state index contributed by atoms with van der Waals surface area (Å²) >= 11 is 0. The van der Waals surface area contributed by atoms with Gasteiger partial charge in [0.05, 0.1) is 12.1 Å². The molecule has 0 unspecified atom stereocenters. The van der Waals surface area contributed by atoms with Crippen LogP contribution in [-0.2, 0) is 6.54 Å².